The molecule has 0 spiro atoms. The Hall–Kier alpha value is -1.47. The SMILES string of the molecule is CC(C)(C)OC=O.CCc1nc(NC=O)sc1C.CN1CCCC1. The number of hydrogen-bond donors (Lipinski definition) is 1. The Morgan fingerprint density at radius 3 is 2.12 bits per heavy atom. The zero-order valence-corrected chi connectivity index (χ0v) is 16.5. The number of amides is 1. The van der Waals surface area contributed by atoms with E-state index in [4.69, 9.17) is 0 Å². The van der Waals surface area contributed by atoms with Gasteiger partial charge in [0, 0.05) is 4.88 Å². The molecule has 1 aliphatic heterocycles. The summed E-state index contributed by atoms with van der Waals surface area (Å²) in [5, 5.41) is 3.22. The Balaban J connectivity index is 0.000000352. The number of likely N-dealkylation sites (tertiary alicyclic amines) is 1. The van der Waals surface area contributed by atoms with Crippen molar-refractivity contribution >= 4 is 29.4 Å². The van der Waals surface area contributed by atoms with Crippen molar-refractivity contribution in [2.75, 3.05) is 25.5 Å². The van der Waals surface area contributed by atoms with Crippen LogP contribution in [0.1, 0.15) is 51.1 Å². The van der Waals surface area contributed by atoms with E-state index in [1.54, 1.807) is 0 Å². The lowest BCUT2D eigenvalue weighted by Gasteiger charge is -2.14. The van der Waals surface area contributed by atoms with E-state index < -0.39 is 0 Å². The average molecular weight is 358 g/mol. The minimum absolute atomic E-state index is 0.318. The van der Waals surface area contributed by atoms with Gasteiger partial charge in [-0.25, -0.2) is 4.98 Å². The van der Waals surface area contributed by atoms with Crippen molar-refractivity contribution in [2.24, 2.45) is 0 Å². The van der Waals surface area contributed by atoms with Gasteiger partial charge in [-0.3, -0.25) is 9.59 Å². The molecule has 0 atom stereocenters. The molecule has 7 heteroatoms. The molecule has 1 amide bonds. The van der Waals surface area contributed by atoms with Gasteiger partial charge >= 0.3 is 0 Å². The fraction of sp³-hybridized carbons (Fsp3) is 0.706. The number of ether oxygens (including phenoxy) is 1. The van der Waals surface area contributed by atoms with E-state index in [1.165, 1.54) is 42.1 Å². The number of hydrogen-bond acceptors (Lipinski definition) is 6. The van der Waals surface area contributed by atoms with Crippen molar-refractivity contribution in [3.8, 4) is 0 Å². The summed E-state index contributed by atoms with van der Waals surface area (Å²) in [4.78, 5) is 27.4. The first-order valence-electron chi connectivity index (χ1n) is 8.20. The van der Waals surface area contributed by atoms with Crippen molar-refractivity contribution in [3.63, 3.8) is 0 Å². The zero-order chi connectivity index (χ0) is 18.6. The number of anilines is 1. The van der Waals surface area contributed by atoms with Gasteiger partial charge in [0.2, 0.25) is 6.41 Å². The fourth-order valence-electron chi connectivity index (χ4n) is 1.89. The normalized spacial score (nSPS) is 13.9. The second-order valence-corrected chi connectivity index (χ2v) is 7.68. The number of aromatic nitrogens is 1. The second-order valence-electron chi connectivity index (χ2n) is 6.47. The third-order valence-corrected chi connectivity index (χ3v) is 4.09. The molecule has 2 heterocycles. The summed E-state index contributed by atoms with van der Waals surface area (Å²) >= 11 is 1.51. The Morgan fingerprint density at radius 1 is 1.29 bits per heavy atom. The van der Waals surface area contributed by atoms with Crippen LogP contribution in [-0.2, 0) is 20.7 Å². The number of carbonyl (C=O) groups is 2. The van der Waals surface area contributed by atoms with E-state index in [1.807, 2.05) is 34.6 Å². The zero-order valence-electron chi connectivity index (χ0n) is 15.7. The van der Waals surface area contributed by atoms with Crippen molar-refractivity contribution in [1.29, 1.82) is 0 Å². The maximum atomic E-state index is 10.0. The van der Waals surface area contributed by atoms with Crippen LogP contribution in [-0.4, -0.2) is 48.5 Å². The topological polar surface area (TPSA) is 71.5 Å². The molecule has 0 unspecified atom stereocenters. The van der Waals surface area contributed by atoms with Crippen LogP contribution < -0.4 is 5.32 Å². The molecule has 0 bridgehead atoms. The fourth-order valence-corrected chi connectivity index (χ4v) is 2.75. The molecular formula is C17H31N3O3S. The summed E-state index contributed by atoms with van der Waals surface area (Å²) in [7, 11) is 2.17. The van der Waals surface area contributed by atoms with Crippen LogP contribution in [0.5, 0.6) is 0 Å². The Morgan fingerprint density at radius 2 is 1.88 bits per heavy atom. The molecule has 1 N–H and O–H groups in total. The molecule has 1 saturated heterocycles. The molecule has 1 fully saturated rings. The van der Waals surface area contributed by atoms with Crippen molar-refractivity contribution in [1.82, 2.24) is 9.88 Å². The quantitative estimate of drug-likeness (QED) is 0.838. The summed E-state index contributed by atoms with van der Waals surface area (Å²) < 4.78 is 4.55. The third-order valence-electron chi connectivity index (χ3n) is 3.14. The molecule has 0 saturated carbocycles. The van der Waals surface area contributed by atoms with E-state index >= 15 is 0 Å². The molecular weight excluding hydrogens is 326 g/mol. The first kappa shape index (κ1) is 22.5. The number of rotatable bonds is 4. The molecule has 138 valence electrons. The van der Waals surface area contributed by atoms with Gasteiger partial charge in [-0.1, -0.05) is 6.92 Å². The van der Waals surface area contributed by atoms with E-state index in [0.29, 0.717) is 18.0 Å². The largest absolute Gasteiger partial charge is 0.462 e. The predicted molar refractivity (Wildman–Crippen MR) is 99.5 cm³/mol. The number of nitrogens with one attached hydrogen (secondary N) is 1. The van der Waals surface area contributed by atoms with Crippen molar-refractivity contribution in [3.05, 3.63) is 10.6 Å². The Bertz CT molecular complexity index is 478. The molecule has 2 rings (SSSR count). The molecule has 0 radical (unpaired) electrons. The highest BCUT2D eigenvalue weighted by Crippen LogP contribution is 2.21. The van der Waals surface area contributed by atoms with E-state index in [9.17, 15) is 9.59 Å². The minimum Gasteiger partial charge on any atom is -0.462 e. The first-order chi connectivity index (χ1) is 11.2. The van der Waals surface area contributed by atoms with Crippen LogP contribution in [0, 0.1) is 6.92 Å². The lowest BCUT2D eigenvalue weighted by atomic mass is 10.2. The number of thiazole rings is 1. The highest BCUT2D eigenvalue weighted by atomic mass is 32.1. The van der Waals surface area contributed by atoms with Gasteiger partial charge in [0.25, 0.3) is 6.47 Å². The second kappa shape index (κ2) is 12.0. The smallest absolute Gasteiger partial charge is 0.293 e. The van der Waals surface area contributed by atoms with Crippen LogP contribution in [0.15, 0.2) is 0 Å². The molecule has 1 aliphatic rings. The molecule has 6 nitrogen and oxygen atoms in total. The number of nitrogens with zero attached hydrogens (tertiary/aromatic N) is 2. The van der Waals surface area contributed by atoms with E-state index in [2.05, 4.69) is 27.0 Å². The van der Waals surface area contributed by atoms with Crippen LogP contribution in [0.25, 0.3) is 0 Å². The minimum atomic E-state index is -0.318. The van der Waals surface area contributed by atoms with Gasteiger partial charge in [0.05, 0.1) is 5.69 Å². The summed E-state index contributed by atoms with van der Waals surface area (Å²) in [6, 6.07) is 0. The number of carbonyl (C=O) groups excluding carboxylic acids is 2. The van der Waals surface area contributed by atoms with Crippen LogP contribution in [0.2, 0.25) is 0 Å². The van der Waals surface area contributed by atoms with Gasteiger partial charge in [-0.05, 0) is 67.1 Å². The van der Waals surface area contributed by atoms with E-state index in [0.717, 1.165) is 12.1 Å². The number of aryl methyl sites for hydroxylation is 2. The highest BCUT2D eigenvalue weighted by molar-refractivity contribution is 7.15. The Kier molecular flexibility index (Phi) is 11.2. The molecule has 1 aromatic rings. The summed E-state index contributed by atoms with van der Waals surface area (Å²) in [5.74, 6) is 0. The van der Waals surface area contributed by atoms with Gasteiger partial charge in [0.15, 0.2) is 5.13 Å². The third kappa shape index (κ3) is 11.1. The molecule has 0 aliphatic carbocycles. The van der Waals surface area contributed by atoms with Crippen LogP contribution in [0.3, 0.4) is 0 Å². The monoisotopic (exact) mass is 357 g/mol. The summed E-state index contributed by atoms with van der Waals surface area (Å²) in [6.45, 7) is 12.6. The van der Waals surface area contributed by atoms with Crippen LogP contribution in [0.4, 0.5) is 5.13 Å². The first-order valence-corrected chi connectivity index (χ1v) is 9.01. The van der Waals surface area contributed by atoms with Crippen LogP contribution >= 0.6 is 11.3 Å². The van der Waals surface area contributed by atoms with Gasteiger partial charge in [-0.2, -0.15) is 0 Å². The van der Waals surface area contributed by atoms with Crippen molar-refractivity contribution < 1.29 is 14.3 Å². The maximum Gasteiger partial charge on any atom is 0.293 e. The summed E-state index contributed by atoms with van der Waals surface area (Å²) in [5.41, 5.74) is 0.751. The average Bonchev–Trinajstić information content (AvgIpc) is 3.08. The Labute approximate surface area is 149 Å². The molecule has 1 aromatic heterocycles. The van der Waals surface area contributed by atoms with Gasteiger partial charge in [-0.15, -0.1) is 11.3 Å². The molecule has 0 aromatic carbocycles. The van der Waals surface area contributed by atoms with Gasteiger partial charge < -0.3 is 15.0 Å². The highest BCUT2D eigenvalue weighted by Gasteiger charge is 2.07. The van der Waals surface area contributed by atoms with E-state index in [-0.39, 0.29) is 5.60 Å². The van der Waals surface area contributed by atoms with Gasteiger partial charge in [0.1, 0.15) is 5.60 Å². The molecule has 24 heavy (non-hydrogen) atoms. The maximum absolute atomic E-state index is 10.0. The summed E-state index contributed by atoms with van der Waals surface area (Å²) in [6.07, 6.45) is 4.40. The lowest BCUT2D eigenvalue weighted by Crippen LogP contribution is -2.17. The lowest BCUT2D eigenvalue weighted by molar-refractivity contribution is -0.138. The standard InChI is InChI=1S/C7H10N2OS.C5H11N.C5H10O2/c1-3-6-5(2)11-7(9-6)8-4-10;1-6-4-2-3-5-6;1-5(2,3)7-4-6/h4H,3H2,1-2H3,(H,8,9,10);2-5H2,1H3;4H,1-3H3. The van der Waals surface area contributed by atoms with Crippen molar-refractivity contribution in [2.45, 2.75) is 59.5 Å². The predicted octanol–water partition coefficient (Wildman–Crippen LogP) is 3.25.